The minimum atomic E-state index is -0.622. The number of methoxy groups -OCH3 is 1. The van der Waals surface area contributed by atoms with E-state index < -0.39 is 11.9 Å². The van der Waals surface area contributed by atoms with Crippen LogP contribution in [-0.4, -0.2) is 42.5 Å². The first-order chi connectivity index (χ1) is 14.4. The third-order valence-electron chi connectivity index (χ3n) is 5.37. The number of hydrogen-bond donors (Lipinski definition) is 0. The highest BCUT2D eigenvalue weighted by Crippen LogP contribution is 2.33. The van der Waals surface area contributed by atoms with E-state index in [0.717, 1.165) is 11.4 Å². The Morgan fingerprint density at radius 3 is 2.70 bits per heavy atom. The molecule has 7 nitrogen and oxygen atoms in total. The standard InChI is InChI=1S/C23H26N2O5/c1-5-10-24-15(2)11-18(16(24)3)20(26)14-30-23(28)17-12-22(27)25(13-17)19-8-6-7-9-21(19)29-4/h5-9,11,17H,1,10,12-14H2,2-4H3/t17-/m1/s1. The number of Topliss-reactive ketones (excluding diaryl/α,β-unsaturated/α-hetero) is 1. The number of para-hydroxylation sites is 2. The van der Waals surface area contributed by atoms with Gasteiger partial charge in [-0.2, -0.15) is 0 Å². The third-order valence-corrected chi connectivity index (χ3v) is 5.37. The van der Waals surface area contributed by atoms with Crippen molar-refractivity contribution in [2.24, 2.45) is 5.92 Å². The summed E-state index contributed by atoms with van der Waals surface area (Å²) < 4.78 is 12.5. The van der Waals surface area contributed by atoms with Crippen LogP contribution in [0.4, 0.5) is 5.69 Å². The summed E-state index contributed by atoms with van der Waals surface area (Å²) in [4.78, 5) is 39.1. The quantitative estimate of drug-likeness (QED) is 0.380. The number of ether oxygens (including phenoxy) is 2. The molecule has 0 bridgehead atoms. The van der Waals surface area contributed by atoms with Crippen molar-refractivity contribution in [1.82, 2.24) is 4.57 Å². The second kappa shape index (κ2) is 8.98. The van der Waals surface area contributed by atoms with E-state index in [4.69, 9.17) is 9.47 Å². The molecule has 1 aromatic heterocycles. The van der Waals surface area contributed by atoms with Crippen LogP contribution >= 0.6 is 0 Å². The van der Waals surface area contributed by atoms with Crippen molar-refractivity contribution >= 4 is 23.3 Å². The molecule has 1 aliphatic rings. The summed E-state index contributed by atoms with van der Waals surface area (Å²) in [5.74, 6) is -1.05. The zero-order valence-corrected chi connectivity index (χ0v) is 17.5. The number of carbonyl (C=O) groups excluding carboxylic acids is 3. The zero-order chi connectivity index (χ0) is 21.8. The second-order valence-electron chi connectivity index (χ2n) is 7.29. The molecule has 0 radical (unpaired) electrons. The summed E-state index contributed by atoms with van der Waals surface area (Å²) >= 11 is 0. The molecule has 1 amide bonds. The molecule has 158 valence electrons. The van der Waals surface area contributed by atoms with Crippen molar-refractivity contribution in [3.05, 3.63) is 59.9 Å². The van der Waals surface area contributed by atoms with Gasteiger partial charge in [-0.15, -0.1) is 6.58 Å². The van der Waals surface area contributed by atoms with Crippen LogP contribution < -0.4 is 9.64 Å². The number of allylic oxidation sites excluding steroid dienone is 1. The van der Waals surface area contributed by atoms with Gasteiger partial charge in [-0.1, -0.05) is 18.2 Å². The highest BCUT2D eigenvalue weighted by Gasteiger charge is 2.37. The van der Waals surface area contributed by atoms with Crippen LogP contribution in [0.15, 0.2) is 43.0 Å². The molecule has 2 heterocycles. The number of nitrogens with zero attached hydrogens (tertiary/aromatic N) is 2. The number of carbonyl (C=O) groups is 3. The van der Waals surface area contributed by atoms with Crippen molar-refractivity contribution < 1.29 is 23.9 Å². The Kier molecular flexibility index (Phi) is 6.40. The van der Waals surface area contributed by atoms with Gasteiger partial charge in [0.2, 0.25) is 11.7 Å². The van der Waals surface area contributed by atoms with E-state index in [1.165, 1.54) is 12.0 Å². The largest absolute Gasteiger partial charge is 0.495 e. The molecule has 0 saturated carbocycles. The smallest absolute Gasteiger partial charge is 0.311 e. The fourth-order valence-electron chi connectivity index (χ4n) is 3.78. The van der Waals surface area contributed by atoms with Gasteiger partial charge < -0.3 is 18.9 Å². The first-order valence-electron chi connectivity index (χ1n) is 9.78. The molecule has 0 aliphatic carbocycles. The summed E-state index contributed by atoms with van der Waals surface area (Å²) in [6.07, 6.45) is 1.80. The molecule has 3 rings (SSSR count). The molecule has 0 unspecified atom stereocenters. The van der Waals surface area contributed by atoms with Crippen LogP contribution in [-0.2, 0) is 20.9 Å². The van der Waals surface area contributed by atoms with Gasteiger partial charge >= 0.3 is 5.97 Å². The molecule has 1 atom stereocenters. The average Bonchev–Trinajstić information content (AvgIpc) is 3.26. The van der Waals surface area contributed by atoms with E-state index in [-0.39, 0.29) is 31.3 Å². The number of anilines is 1. The molecular weight excluding hydrogens is 384 g/mol. The van der Waals surface area contributed by atoms with Gasteiger partial charge in [0.15, 0.2) is 6.61 Å². The molecule has 1 aliphatic heterocycles. The number of aryl methyl sites for hydroxylation is 1. The van der Waals surface area contributed by atoms with Crippen LogP contribution in [0.25, 0.3) is 0 Å². The van der Waals surface area contributed by atoms with E-state index in [1.807, 2.05) is 24.5 Å². The predicted octanol–water partition coefficient (Wildman–Crippen LogP) is 3.08. The number of hydrogen-bond acceptors (Lipinski definition) is 5. The fraction of sp³-hybridized carbons (Fsp3) is 0.348. The second-order valence-corrected chi connectivity index (χ2v) is 7.29. The van der Waals surface area contributed by atoms with E-state index in [0.29, 0.717) is 23.5 Å². The molecular formula is C23H26N2O5. The Hall–Kier alpha value is -3.35. The third kappa shape index (κ3) is 4.15. The first-order valence-corrected chi connectivity index (χ1v) is 9.78. The molecule has 1 fully saturated rings. The molecule has 1 saturated heterocycles. The van der Waals surface area contributed by atoms with Gasteiger partial charge in [0.25, 0.3) is 0 Å². The predicted molar refractivity (Wildman–Crippen MR) is 113 cm³/mol. The summed E-state index contributed by atoms with van der Waals surface area (Å²) in [7, 11) is 1.53. The Balaban J connectivity index is 1.63. The molecule has 0 N–H and O–H groups in total. The van der Waals surface area contributed by atoms with Crippen molar-refractivity contribution in [2.45, 2.75) is 26.8 Å². The molecule has 7 heteroatoms. The van der Waals surface area contributed by atoms with Gasteiger partial charge in [-0.3, -0.25) is 14.4 Å². The monoisotopic (exact) mass is 410 g/mol. The van der Waals surface area contributed by atoms with E-state index in [9.17, 15) is 14.4 Å². The first kappa shape index (κ1) is 21.4. The highest BCUT2D eigenvalue weighted by molar-refractivity contribution is 6.02. The van der Waals surface area contributed by atoms with Gasteiger partial charge in [-0.05, 0) is 32.0 Å². The Morgan fingerprint density at radius 1 is 1.27 bits per heavy atom. The van der Waals surface area contributed by atoms with Crippen molar-refractivity contribution in [1.29, 1.82) is 0 Å². The Morgan fingerprint density at radius 2 is 2.00 bits per heavy atom. The molecule has 30 heavy (non-hydrogen) atoms. The van der Waals surface area contributed by atoms with Gasteiger partial charge in [-0.25, -0.2) is 0 Å². The highest BCUT2D eigenvalue weighted by atomic mass is 16.5. The van der Waals surface area contributed by atoms with Gasteiger partial charge in [0.05, 0.1) is 18.7 Å². The number of esters is 1. The van der Waals surface area contributed by atoms with Gasteiger partial charge in [0.1, 0.15) is 5.75 Å². The minimum Gasteiger partial charge on any atom is -0.495 e. The van der Waals surface area contributed by atoms with E-state index in [2.05, 4.69) is 6.58 Å². The lowest BCUT2D eigenvalue weighted by atomic mass is 10.1. The number of rotatable bonds is 8. The summed E-state index contributed by atoms with van der Waals surface area (Å²) in [5, 5.41) is 0. The number of ketones is 1. The minimum absolute atomic E-state index is 0.0406. The van der Waals surface area contributed by atoms with Crippen molar-refractivity contribution in [3.63, 3.8) is 0 Å². The summed E-state index contributed by atoms with van der Waals surface area (Å²) in [6.45, 7) is 7.94. The summed E-state index contributed by atoms with van der Waals surface area (Å²) in [6, 6.07) is 8.94. The molecule has 0 spiro atoms. The maximum atomic E-state index is 12.6. The van der Waals surface area contributed by atoms with Crippen molar-refractivity contribution in [2.75, 3.05) is 25.2 Å². The Bertz CT molecular complexity index is 991. The van der Waals surface area contributed by atoms with E-state index in [1.54, 1.807) is 30.3 Å². The Labute approximate surface area is 175 Å². The van der Waals surface area contributed by atoms with Crippen LogP contribution in [0.5, 0.6) is 5.75 Å². The summed E-state index contributed by atoms with van der Waals surface area (Å²) in [5.41, 5.74) is 2.90. The number of benzene rings is 1. The maximum Gasteiger partial charge on any atom is 0.311 e. The van der Waals surface area contributed by atoms with E-state index >= 15 is 0 Å². The van der Waals surface area contributed by atoms with Crippen molar-refractivity contribution in [3.8, 4) is 5.75 Å². The molecule has 1 aromatic carbocycles. The topological polar surface area (TPSA) is 77.8 Å². The fourth-order valence-corrected chi connectivity index (χ4v) is 3.78. The molecule has 2 aromatic rings. The number of aromatic nitrogens is 1. The number of amides is 1. The maximum absolute atomic E-state index is 12.6. The zero-order valence-electron chi connectivity index (χ0n) is 17.5. The lowest BCUT2D eigenvalue weighted by Gasteiger charge is -2.19. The SMILES string of the molecule is C=CCn1c(C)cc(C(=O)COC(=O)[C@@H]2CC(=O)N(c3ccccc3OC)C2)c1C. The lowest BCUT2D eigenvalue weighted by Crippen LogP contribution is -2.27. The van der Waals surface area contributed by atoms with Crippen LogP contribution in [0.2, 0.25) is 0 Å². The lowest BCUT2D eigenvalue weighted by molar-refractivity contribution is -0.147. The van der Waals surface area contributed by atoms with Crippen LogP contribution in [0, 0.1) is 19.8 Å². The normalized spacial score (nSPS) is 15.9. The average molecular weight is 410 g/mol. The van der Waals surface area contributed by atoms with Crippen LogP contribution in [0.3, 0.4) is 0 Å². The van der Waals surface area contributed by atoms with Crippen LogP contribution in [0.1, 0.15) is 28.2 Å². The van der Waals surface area contributed by atoms with Gasteiger partial charge in [0, 0.05) is 36.5 Å².